The number of nitrogens with two attached hydrogens (primary N) is 1. The Labute approximate surface area is 161 Å². The lowest BCUT2D eigenvalue weighted by atomic mass is 10.1. The van der Waals surface area contributed by atoms with Crippen LogP contribution in [-0.4, -0.2) is 27.5 Å². The number of carbonyl (C=O) groups is 1. The zero-order chi connectivity index (χ0) is 19.5. The van der Waals surface area contributed by atoms with Gasteiger partial charge in [0.05, 0.1) is 19.0 Å². The van der Waals surface area contributed by atoms with Gasteiger partial charge in [0.25, 0.3) is 0 Å². The van der Waals surface area contributed by atoms with Crippen molar-refractivity contribution in [3.63, 3.8) is 0 Å². The second-order valence-electron chi connectivity index (χ2n) is 6.04. The highest BCUT2D eigenvalue weighted by molar-refractivity contribution is 6.00. The van der Waals surface area contributed by atoms with Crippen LogP contribution in [-0.2, 0) is 0 Å². The number of hydrogen-bond donors (Lipinski definition) is 3. The van der Waals surface area contributed by atoms with Gasteiger partial charge in [0, 0.05) is 29.3 Å². The summed E-state index contributed by atoms with van der Waals surface area (Å²) in [6.07, 6.45) is 5.15. The first kappa shape index (κ1) is 17.3. The minimum absolute atomic E-state index is 0.339. The van der Waals surface area contributed by atoms with E-state index in [-0.39, 0.29) is 6.03 Å². The van der Waals surface area contributed by atoms with Gasteiger partial charge in [-0.05, 0) is 36.4 Å². The van der Waals surface area contributed by atoms with Gasteiger partial charge in [-0.1, -0.05) is 12.1 Å². The Bertz CT molecular complexity index is 1140. The Morgan fingerprint density at radius 2 is 1.86 bits per heavy atom. The highest BCUT2D eigenvalue weighted by Crippen LogP contribution is 2.25. The molecule has 0 aliphatic carbocycles. The van der Waals surface area contributed by atoms with Crippen molar-refractivity contribution < 1.29 is 9.53 Å². The molecule has 0 saturated heterocycles. The molecule has 8 nitrogen and oxygen atoms in total. The summed E-state index contributed by atoms with van der Waals surface area (Å²) in [5.41, 5.74) is 9.52. The number of rotatable bonds is 4. The van der Waals surface area contributed by atoms with Gasteiger partial charge in [0.1, 0.15) is 5.75 Å². The number of benzene rings is 2. The second-order valence-corrected chi connectivity index (χ2v) is 6.04. The lowest BCUT2D eigenvalue weighted by Gasteiger charge is -2.10. The van der Waals surface area contributed by atoms with Crippen LogP contribution in [0.5, 0.6) is 5.75 Å². The first-order valence-electron chi connectivity index (χ1n) is 8.54. The zero-order valence-corrected chi connectivity index (χ0v) is 15.1. The molecule has 0 atom stereocenters. The quantitative estimate of drug-likeness (QED) is 0.506. The number of urea groups is 1. The predicted octanol–water partition coefficient (Wildman–Crippen LogP) is 3.63. The van der Waals surface area contributed by atoms with Crippen molar-refractivity contribution in [1.29, 1.82) is 0 Å². The molecule has 0 fully saturated rings. The lowest BCUT2D eigenvalue weighted by molar-refractivity contribution is 0.262. The molecule has 4 rings (SSSR count). The third kappa shape index (κ3) is 3.43. The number of fused-ring (bicyclic) bond motifs is 1. The van der Waals surface area contributed by atoms with E-state index in [0.29, 0.717) is 22.8 Å². The van der Waals surface area contributed by atoms with Crippen molar-refractivity contribution in [2.75, 3.05) is 23.5 Å². The van der Waals surface area contributed by atoms with Crippen molar-refractivity contribution in [3.05, 3.63) is 67.1 Å². The van der Waals surface area contributed by atoms with Crippen LogP contribution in [0, 0.1) is 0 Å². The molecule has 2 amide bonds. The molecule has 2 aromatic carbocycles. The number of nitrogens with one attached hydrogen (secondary N) is 2. The number of carbonyl (C=O) groups excluding carboxylic acids is 1. The van der Waals surface area contributed by atoms with Crippen LogP contribution in [0.4, 0.5) is 22.0 Å². The Kier molecular flexibility index (Phi) is 4.51. The van der Waals surface area contributed by atoms with Crippen molar-refractivity contribution in [2.45, 2.75) is 0 Å². The minimum atomic E-state index is -0.339. The summed E-state index contributed by atoms with van der Waals surface area (Å²) < 4.78 is 6.97. The number of aromatic nitrogens is 3. The first-order valence-corrected chi connectivity index (χ1v) is 8.54. The average molecular weight is 374 g/mol. The molecular formula is C20H18N6O2. The van der Waals surface area contributed by atoms with Crippen molar-refractivity contribution in [2.24, 2.45) is 0 Å². The maximum Gasteiger partial charge on any atom is 0.323 e. The van der Waals surface area contributed by atoms with Crippen molar-refractivity contribution in [3.8, 4) is 17.0 Å². The molecular weight excluding hydrogens is 356 g/mol. The van der Waals surface area contributed by atoms with Gasteiger partial charge < -0.3 is 21.1 Å². The standard InChI is InChI=1S/C20H18N6O2/c1-28-16-7-5-14(6-8-16)24-20(27)25-15-4-2-3-13(11-15)17-12-23-19-18(21)22-9-10-26(17)19/h2-12H,1H3,(H2,21,22)(H2,24,25,27). The van der Waals surface area contributed by atoms with Gasteiger partial charge >= 0.3 is 6.03 Å². The molecule has 8 heteroatoms. The van der Waals surface area contributed by atoms with E-state index in [1.54, 1.807) is 50.0 Å². The Morgan fingerprint density at radius 1 is 1.07 bits per heavy atom. The summed E-state index contributed by atoms with van der Waals surface area (Å²) in [6.45, 7) is 0. The van der Waals surface area contributed by atoms with Crippen molar-refractivity contribution >= 4 is 28.9 Å². The highest BCUT2D eigenvalue weighted by Gasteiger charge is 2.10. The van der Waals surface area contributed by atoms with Crippen LogP contribution < -0.4 is 21.1 Å². The third-order valence-electron chi connectivity index (χ3n) is 4.22. The number of hydrogen-bond acceptors (Lipinski definition) is 5. The number of nitrogens with zero attached hydrogens (tertiary/aromatic N) is 3. The molecule has 140 valence electrons. The summed E-state index contributed by atoms with van der Waals surface area (Å²) in [4.78, 5) is 20.7. The predicted molar refractivity (Wildman–Crippen MR) is 108 cm³/mol. The molecule has 2 heterocycles. The summed E-state index contributed by atoms with van der Waals surface area (Å²) >= 11 is 0. The molecule has 0 spiro atoms. The third-order valence-corrected chi connectivity index (χ3v) is 4.22. The first-order chi connectivity index (χ1) is 13.6. The van der Waals surface area contributed by atoms with E-state index >= 15 is 0 Å². The zero-order valence-electron chi connectivity index (χ0n) is 15.1. The molecule has 0 aliphatic rings. The maximum absolute atomic E-state index is 12.3. The van der Waals surface area contributed by atoms with Gasteiger partial charge in [0.2, 0.25) is 0 Å². The molecule has 0 unspecified atom stereocenters. The summed E-state index contributed by atoms with van der Waals surface area (Å²) in [5, 5.41) is 5.62. The number of amides is 2. The average Bonchev–Trinajstić information content (AvgIpc) is 3.14. The number of nitrogen functional groups attached to an aromatic ring is 1. The number of imidazole rings is 1. The van der Waals surface area contributed by atoms with E-state index in [4.69, 9.17) is 10.5 Å². The van der Waals surface area contributed by atoms with E-state index in [0.717, 1.165) is 17.0 Å². The Hall–Kier alpha value is -4.07. The molecule has 0 saturated carbocycles. The molecule has 4 N–H and O–H groups in total. The highest BCUT2D eigenvalue weighted by atomic mass is 16.5. The van der Waals surface area contributed by atoms with Crippen LogP contribution in [0.25, 0.3) is 16.9 Å². The number of methoxy groups -OCH3 is 1. The van der Waals surface area contributed by atoms with E-state index < -0.39 is 0 Å². The van der Waals surface area contributed by atoms with Gasteiger partial charge in [-0.2, -0.15) is 0 Å². The Morgan fingerprint density at radius 3 is 2.64 bits per heavy atom. The van der Waals surface area contributed by atoms with E-state index in [2.05, 4.69) is 20.6 Å². The van der Waals surface area contributed by atoms with Gasteiger partial charge in [-0.3, -0.25) is 4.40 Å². The smallest absolute Gasteiger partial charge is 0.323 e. The fraction of sp³-hybridized carbons (Fsp3) is 0.0500. The molecule has 28 heavy (non-hydrogen) atoms. The van der Waals surface area contributed by atoms with E-state index in [9.17, 15) is 4.79 Å². The van der Waals surface area contributed by atoms with Crippen LogP contribution in [0.15, 0.2) is 67.1 Å². The number of anilines is 3. The van der Waals surface area contributed by atoms with E-state index in [1.165, 1.54) is 0 Å². The van der Waals surface area contributed by atoms with Crippen LogP contribution in [0.1, 0.15) is 0 Å². The van der Waals surface area contributed by atoms with Crippen molar-refractivity contribution in [1.82, 2.24) is 14.4 Å². The molecule has 0 radical (unpaired) electrons. The second kappa shape index (κ2) is 7.28. The fourth-order valence-electron chi connectivity index (χ4n) is 2.88. The van der Waals surface area contributed by atoms with Gasteiger partial charge in [-0.15, -0.1) is 0 Å². The summed E-state index contributed by atoms with van der Waals surface area (Å²) in [5.74, 6) is 1.09. The molecule has 0 bridgehead atoms. The normalized spacial score (nSPS) is 10.6. The SMILES string of the molecule is COc1ccc(NC(=O)Nc2cccc(-c3cnc4c(N)nccn34)c2)cc1. The molecule has 0 aliphatic heterocycles. The van der Waals surface area contributed by atoms with E-state index in [1.807, 2.05) is 28.7 Å². The molecule has 4 aromatic rings. The minimum Gasteiger partial charge on any atom is -0.497 e. The largest absolute Gasteiger partial charge is 0.497 e. The van der Waals surface area contributed by atoms with Gasteiger partial charge in [-0.25, -0.2) is 14.8 Å². The number of ether oxygens (including phenoxy) is 1. The summed E-state index contributed by atoms with van der Waals surface area (Å²) in [7, 11) is 1.59. The topological polar surface area (TPSA) is 107 Å². The fourth-order valence-corrected chi connectivity index (χ4v) is 2.88. The van der Waals surface area contributed by atoms with Gasteiger partial charge in [0.15, 0.2) is 11.5 Å². The summed E-state index contributed by atoms with van der Waals surface area (Å²) in [6, 6.07) is 14.2. The Balaban J connectivity index is 1.53. The maximum atomic E-state index is 12.3. The van der Waals surface area contributed by atoms with Crippen LogP contribution >= 0.6 is 0 Å². The van der Waals surface area contributed by atoms with Crippen LogP contribution in [0.3, 0.4) is 0 Å². The monoisotopic (exact) mass is 374 g/mol. The van der Waals surface area contributed by atoms with Crippen LogP contribution in [0.2, 0.25) is 0 Å². The molecule has 2 aromatic heterocycles. The lowest BCUT2D eigenvalue weighted by Crippen LogP contribution is -2.19.